The summed E-state index contributed by atoms with van der Waals surface area (Å²) in [5.41, 5.74) is 5.66. The van der Waals surface area contributed by atoms with Crippen LogP contribution in [0.4, 0.5) is 0 Å². The Kier molecular flexibility index (Phi) is 8.53. The molecule has 2 atom stereocenters. The quantitative estimate of drug-likeness (QED) is 0.714. The van der Waals surface area contributed by atoms with E-state index in [-0.39, 0.29) is 0 Å². The van der Waals surface area contributed by atoms with Gasteiger partial charge in [0.1, 0.15) is 0 Å². The van der Waals surface area contributed by atoms with E-state index < -0.39 is 0 Å². The van der Waals surface area contributed by atoms with Gasteiger partial charge in [-0.25, -0.2) is 0 Å². The van der Waals surface area contributed by atoms with E-state index in [2.05, 4.69) is 6.92 Å². The molecule has 0 spiro atoms. The normalized spacial score (nSPS) is 27.7. The zero-order chi connectivity index (χ0) is 10.1. The minimum atomic E-state index is 0.847. The van der Waals surface area contributed by atoms with Gasteiger partial charge in [-0.15, -0.1) is 0 Å². The van der Waals surface area contributed by atoms with Crippen LogP contribution in [0.25, 0.3) is 0 Å². The van der Waals surface area contributed by atoms with Gasteiger partial charge in [-0.3, -0.25) is 0 Å². The molecular weight excluding hydrogens is 158 g/mol. The fraction of sp³-hybridized carbons (Fsp3) is 1.00. The molecule has 1 nitrogen and oxygen atoms in total. The van der Waals surface area contributed by atoms with Crippen LogP contribution in [-0.4, -0.2) is 6.54 Å². The Hall–Kier alpha value is -0.0400. The molecular formula is C12H27N. The molecule has 1 heteroatoms. The molecule has 2 unspecified atom stereocenters. The van der Waals surface area contributed by atoms with Crippen LogP contribution in [0.5, 0.6) is 0 Å². The third-order valence-corrected chi connectivity index (χ3v) is 2.92. The van der Waals surface area contributed by atoms with Gasteiger partial charge in [0.25, 0.3) is 0 Å². The summed E-state index contributed by atoms with van der Waals surface area (Å²) >= 11 is 0. The Morgan fingerprint density at radius 2 is 1.77 bits per heavy atom. The highest BCUT2D eigenvalue weighted by Crippen LogP contribution is 2.30. The minimum Gasteiger partial charge on any atom is -0.330 e. The van der Waals surface area contributed by atoms with E-state index in [4.69, 9.17) is 5.73 Å². The standard InChI is InChI=1S/C10H21N.C2H6/c1-2-4-9-5-3-6-10(7-9)8-11;1-2/h9-10H,2-8,11H2,1H3;1-2H3. The molecule has 0 bridgehead atoms. The highest BCUT2D eigenvalue weighted by Gasteiger charge is 2.19. The van der Waals surface area contributed by atoms with Crippen molar-refractivity contribution in [2.75, 3.05) is 6.54 Å². The Bertz CT molecular complexity index is 99.3. The van der Waals surface area contributed by atoms with Crippen molar-refractivity contribution in [1.29, 1.82) is 0 Å². The lowest BCUT2D eigenvalue weighted by Gasteiger charge is -2.27. The Labute approximate surface area is 84.1 Å². The maximum atomic E-state index is 5.66. The Morgan fingerprint density at radius 1 is 1.15 bits per heavy atom. The summed E-state index contributed by atoms with van der Waals surface area (Å²) in [6.45, 7) is 7.20. The van der Waals surface area contributed by atoms with Gasteiger partial charge in [-0.2, -0.15) is 0 Å². The Balaban J connectivity index is 0.000000671. The number of hydrogen-bond acceptors (Lipinski definition) is 1. The van der Waals surface area contributed by atoms with Gasteiger partial charge < -0.3 is 5.73 Å². The predicted molar refractivity (Wildman–Crippen MR) is 60.8 cm³/mol. The molecule has 0 aromatic heterocycles. The molecule has 0 heterocycles. The first-order valence-corrected chi connectivity index (χ1v) is 6.06. The maximum Gasteiger partial charge on any atom is -0.00488 e. The molecule has 13 heavy (non-hydrogen) atoms. The second kappa shape index (κ2) is 8.55. The van der Waals surface area contributed by atoms with Crippen molar-refractivity contribution >= 4 is 0 Å². The van der Waals surface area contributed by atoms with E-state index in [9.17, 15) is 0 Å². The maximum absolute atomic E-state index is 5.66. The molecule has 0 aromatic rings. The zero-order valence-corrected chi connectivity index (χ0v) is 9.68. The van der Waals surface area contributed by atoms with Gasteiger partial charge in [0.05, 0.1) is 0 Å². The number of hydrogen-bond donors (Lipinski definition) is 1. The zero-order valence-electron chi connectivity index (χ0n) is 9.68. The average molecular weight is 185 g/mol. The molecule has 0 amide bonds. The summed E-state index contributed by atoms with van der Waals surface area (Å²) in [6, 6.07) is 0. The average Bonchev–Trinajstić information content (AvgIpc) is 2.22. The molecule has 1 aliphatic rings. The van der Waals surface area contributed by atoms with Gasteiger partial charge in [0.15, 0.2) is 0 Å². The smallest absolute Gasteiger partial charge is 0.00488 e. The Morgan fingerprint density at radius 3 is 2.31 bits per heavy atom. The first-order chi connectivity index (χ1) is 6.36. The summed E-state index contributed by atoms with van der Waals surface area (Å²) in [5.74, 6) is 1.85. The predicted octanol–water partition coefficient (Wildman–Crippen LogP) is 3.58. The molecule has 0 saturated heterocycles. The fourth-order valence-corrected chi connectivity index (χ4v) is 2.29. The van der Waals surface area contributed by atoms with Crippen molar-refractivity contribution in [3.63, 3.8) is 0 Å². The molecule has 1 fully saturated rings. The third-order valence-electron chi connectivity index (χ3n) is 2.92. The second-order valence-corrected chi connectivity index (χ2v) is 3.92. The largest absolute Gasteiger partial charge is 0.330 e. The third kappa shape index (κ3) is 5.30. The second-order valence-electron chi connectivity index (χ2n) is 3.92. The van der Waals surface area contributed by atoms with E-state index in [1.54, 1.807) is 0 Å². The van der Waals surface area contributed by atoms with Gasteiger partial charge in [0.2, 0.25) is 0 Å². The van der Waals surface area contributed by atoms with E-state index in [1.807, 2.05) is 13.8 Å². The molecule has 0 radical (unpaired) electrons. The van der Waals surface area contributed by atoms with Crippen molar-refractivity contribution in [2.45, 2.75) is 59.3 Å². The molecule has 0 aliphatic heterocycles. The van der Waals surface area contributed by atoms with Gasteiger partial charge >= 0.3 is 0 Å². The van der Waals surface area contributed by atoms with E-state index in [1.165, 1.54) is 38.5 Å². The molecule has 1 aliphatic carbocycles. The van der Waals surface area contributed by atoms with Crippen LogP contribution in [0.3, 0.4) is 0 Å². The van der Waals surface area contributed by atoms with Crippen LogP contribution in [0.15, 0.2) is 0 Å². The van der Waals surface area contributed by atoms with Crippen LogP contribution in [-0.2, 0) is 0 Å². The van der Waals surface area contributed by atoms with E-state index in [0.717, 1.165) is 18.4 Å². The SMILES string of the molecule is CC.CCCC1CCCC(CN)C1. The van der Waals surface area contributed by atoms with Crippen molar-refractivity contribution in [2.24, 2.45) is 17.6 Å². The molecule has 2 N–H and O–H groups in total. The summed E-state index contributed by atoms with van der Waals surface area (Å²) < 4.78 is 0. The van der Waals surface area contributed by atoms with Crippen LogP contribution >= 0.6 is 0 Å². The molecule has 1 saturated carbocycles. The fourth-order valence-electron chi connectivity index (χ4n) is 2.29. The van der Waals surface area contributed by atoms with Crippen molar-refractivity contribution in [3.8, 4) is 0 Å². The summed E-state index contributed by atoms with van der Waals surface area (Å²) in [4.78, 5) is 0. The highest BCUT2D eigenvalue weighted by molar-refractivity contribution is 4.73. The minimum absolute atomic E-state index is 0.847. The van der Waals surface area contributed by atoms with Crippen LogP contribution in [0, 0.1) is 11.8 Å². The first kappa shape index (κ1) is 13.0. The summed E-state index contributed by atoms with van der Waals surface area (Å²) in [6.07, 6.45) is 8.45. The van der Waals surface area contributed by atoms with Crippen LogP contribution in [0.1, 0.15) is 59.3 Å². The van der Waals surface area contributed by atoms with Gasteiger partial charge in [-0.1, -0.05) is 46.5 Å². The van der Waals surface area contributed by atoms with Crippen LogP contribution in [0.2, 0.25) is 0 Å². The van der Waals surface area contributed by atoms with E-state index in [0.29, 0.717) is 0 Å². The molecule has 0 aromatic carbocycles. The first-order valence-electron chi connectivity index (χ1n) is 6.06. The number of rotatable bonds is 3. The molecule has 1 rings (SSSR count). The monoisotopic (exact) mass is 185 g/mol. The van der Waals surface area contributed by atoms with Crippen molar-refractivity contribution in [3.05, 3.63) is 0 Å². The topological polar surface area (TPSA) is 26.0 Å². The van der Waals surface area contributed by atoms with Gasteiger partial charge in [-0.05, 0) is 31.2 Å². The molecule has 80 valence electrons. The lowest BCUT2D eigenvalue weighted by molar-refractivity contribution is 0.258. The van der Waals surface area contributed by atoms with Crippen LogP contribution < -0.4 is 5.73 Å². The number of nitrogens with two attached hydrogens (primary N) is 1. The summed E-state index contributed by atoms with van der Waals surface area (Å²) in [7, 11) is 0. The van der Waals surface area contributed by atoms with Gasteiger partial charge in [0, 0.05) is 0 Å². The van der Waals surface area contributed by atoms with E-state index >= 15 is 0 Å². The lowest BCUT2D eigenvalue weighted by atomic mass is 9.79. The van der Waals surface area contributed by atoms with Crippen molar-refractivity contribution < 1.29 is 0 Å². The highest BCUT2D eigenvalue weighted by atomic mass is 14.6. The van der Waals surface area contributed by atoms with Crippen molar-refractivity contribution in [1.82, 2.24) is 0 Å². The summed E-state index contributed by atoms with van der Waals surface area (Å²) in [5, 5.41) is 0. The lowest BCUT2D eigenvalue weighted by Crippen LogP contribution is -2.22.